The number of aromatic nitrogens is 2. The smallest absolute Gasteiger partial charge is 0.453 e. The highest BCUT2D eigenvalue weighted by Gasteiger charge is 2.41. The zero-order chi connectivity index (χ0) is 20.9. The molecule has 2 aromatic carbocycles. The van der Waals surface area contributed by atoms with Crippen molar-refractivity contribution in [2.75, 3.05) is 6.79 Å². The Bertz CT molecular complexity index is 1310. The van der Waals surface area contributed by atoms with E-state index in [1.54, 1.807) is 24.3 Å². The van der Waals surface area contributed by atoms with Crippen LogP contribution in [-0.2, 0) is 6.18 Å². The molecule has 3 heterocycles. The second-order valence-corrected chi connectivity index (χ2v) is 6.32. The van der Waals surface area contributed by atoms with Gasteiger partial charge >= 0.3 is 6.18 Å². The molecule has 0 N–H and O–H groups in total. The van der Waals surface area contributed by atoms with Crippen LogP contribution in [0.3, 0.4) is 0 Å². The molecule has 4 aromatic rings. The molecule has 7 nitrogen and oxygen atoms in total. The molecule has 0 spiro atoms. The van der Waals surface area contributed by atoms with Crippen molar-refractivity contribution in [2.45, 2.75) is 6.18 Å². The number of rotatable bonds is 3. The average Bonchev–Trinajstić information content (AvgIpc) is 3.39. The zero-order valence-electron chi connectivity index (χ0n) is 15.0. The summed E-state index contributed by atoms with van der Waals surface area (Å²) >= 11 is 0. The van der Waals surface area contributed by atoms with Crippen LogP contribution >= 0.6 is 0 Å². The van der Waals surface area contributed by atoms with Crippen molar-refractivity contribution < 1.29 is 31.8 Å². The summed E-state index contributed by atoms with van der Waals surface area (Å²) in [6, 6.07) is 11.6. The van der Waals surface area contributed by atoms with Gasteiger partial charge in [0.25, 0.3) is 5.76 Å². The molecule has 0 saturated heterocycles. The third-order valence-corrected chi connectivity index (χ3v) is 4.41. The van der Waals surface area contributed by atoms with Crippen molar-refractivity contribution in [3.05, 3.63) is 70.8 Å². The summed E-state index contributed by atoms with van der Waals surface area (Å²) in [5.41, 5.74) is -0.675. The van der Waals surface area contributed by atoms with E-state index in [0.717, 1.165) is 0 Å². The monoisotopic (exact) mass is 416 g/mol. The van der Waals surface area contributed by atoms with Gasteiger partial charge in [-0.1, -0.05) is 18.2 Å². The van der Waals surface area contributed by atoms with Crippen LogP contribution in [0.2, 0.25) is 0 Å². The highest BCUT2D eigenvalue weighted by Crippen LogP contribution is 2.43. The Balaban J connectivity index is 1.64. The molecule has 2 aromatic heterocycles. The molecule has 1 aliphatic heterocycles. The molecule has 0 saturated carbocycles. The molecule has 0 fully saturated rings. The first kappa shape index (κ1) is 18.1. The number of halogens is 3. The van der Waals surface area contributed by atoms with Crippen LogP contribution in [0.5, 0.6) is 23.0 Å². The van der Waals surface area contributed by atoms with Crippen molar-refractivity contribution >= 4 is 11.0 Å². The Hall–Kier alpha value is -3.95. The van der Waals surface area contributed by atoms with Gasteiger partial charge in [0.05, 0.1) is 23.5 Å². The van der Waals surface area contributed by atoms with Crippen LogP contribution in [0.25, 0.3) is 16.7 Å². The fourth-order valence-electron chi connectivity index (χ4n) is 3.08. The second kappa shape index (κ2) is 6.55. The van der Waals surface area contributed by atoms with Gasteiger partial charge in [-0.3, -0.25) is 4.79 Å². The van der Waals surface area contributed by atoms with E-state index in [-0.39, 0.29) is 35.0 Å². The van der Waals surface area contributed by atoms with E-state index in [1.807, 2.05) is 6.07 Å². The third kappa shape index (κ3) is 2.93. The third-order valence-electron chi connectivity index (χ3n) is 4.41. The molecular formula is C20H11F3N2O5. The molecule has 5 rings (SSSR count). The van der Waals surface area contributed by atoms with Gasteiger partial charge in [-0.05, 0) is 24.3 Å². The van der Waals surface area contributed by atoms with E-state index >= 15 is 0 Å². The molecule has 152 valence electrons. The number of ether oxygens (including phenoxy) is 3. The molecule has 0 radical (unpaired) electrons. The van der Waals surface area contributed by atoms with Gasteiger partial charge in [0.2, 0.25) is 23.7 Å². The molecule has 0 atom stereocenters. The van der Waals surface area contributed by atoms with Crippen molar-refractivity contribution in [3.63, 3.8) is 0 Å². The Morgan fingerprint density at radius 1 is 1.07 bits per heavy atom. The predicted molar refractivity (Wildman–Crippen MR) is 97.2 cm³/mol. The summed E-state index contributed by atoms with van der Waals surface area (Å²) in [4.78, 5) is 12.9. The van der Waals surface area contributed by atoms with E-state index in [4.69, 9.17) is 18.6 Å². The lowest BCUT2D eigenvalue weighted by Crippen LogP contribution is -2.15. The van der Waals surface area contributed by atoms with E-state index in [1.165, 1.54) is 29.2 Å². The van der Waals surface area contributed by atoms with Crippen LogP contribution < -0.4 is 19.6 Å². The lowest BCUT2D eigenvalue weighted by Gasteiger charge is -2.12. The second-order valence-electron chi connectivity index (χ2n) is 6.32. The van der Waals surface area contributed by atoms with Crippen LogP contribution in [0.4, 0.5) is 13.2 Å². The van der Waals surface area contributed by atoms with Gasteiger partial charge in [-0.15, -0.1) is 0 Å². The maximum atomic E-state index is 13.7. The number of hydrogen-bond donors (Lipinski definition) is 0. The quantitative estimate of drug-likeness (QED) is 0.489. The summed E-state index contributed by atoms with van der Waals surface area (Å²) in [5.74, 6) is -2.48. The number of nitrogens with zero attached hydrogens (tertiary/aromatic N) is 2. The van der Waals surface area contributed by atoms with Crippen LogP contribution in [0.15, 0.2) is 64.1 Å². The number of benzene rings is 2. The normalized spacial score (nSPS) is 13.0. The minimum Gasteiger partial charge on any atom is -0.453 e. The summed E-state index contributed by atoms with van der Waals surface area (Å²) in [7, 11) is 0. The topological polar surface area (TPSA) is 75.7 Å². The van der Waals surface area contributed by atoms with Crippen molar-refractivity contribution in [1.82, 2.24) is 9.78 Å². The van der Waals surface area contributed by atoms with Gasteiger partial charge < -0.3 is 18.6 Å². The Labute approximate surface area is 165 Å². The molecule has 0 bridgehead atoms. The van der Waals surface area contributed by atoms with Crippen molar-refractivity contribution in [1.29, 1.82) is 0 Å². The summed E-state index contributed by atoms with van der Waals surface area (Å²) in [6.45, 7) is -0.184. The number of para-hydroxylation sites is 1. The van der Waals surface area contributed by atoms with Crippen molar-refractivity contribution in [3.8, 4) is 28.7 Å². The Kier molecular flexibility index (Phi) is 3.95. The van der Waals surface area contributed by atoms with E-state index in [2.05, 4.69) is 5.10 Å². The molecule has 0 amide bonds. The van der Waals surface area contributed by atoms with E-state index < -0.39 is 23.1 Å². The Morgan fingerprint density at radius 3 is 2.63 bits per heavy atom. The zero-order valence-corrected chi connectivity index (χ0v) is 15.0. The summed E-state index contributed by atoms with van der Waals surface area (Å²) in [6.07, 6.45) is -2.42. The largest absolute Gasteiger partial charge is 0.453 e. The lowest BCUT2D eigenvalue weighted by atomic mass is 10.1. The van der Waals surface area contributed by atoms with Gasteiger partial charge in [0.15, 0.2) is 17.1 Å². The average molecular weight is 416 g/mol. The van der Waals surface area contributed by atoms with Gasteiger partial charge in [0.1, 0.15) is 0 Å². The Morgan fingerprint density at radius 2 is 1.87 bits per heavy atom. The fraction of sp³-hybridized carbons (Fsp3) is 0.100. The summed E-state index contributed by atoms with van der Waals surface area (Å²) < 4.78 is 63.1. The molecule has 0 aliphatic carbocycles. The summed E-state index contributed by atoms with van der Waals surface area (Å²) in [5, 5.41) is 3.93. The molecule has 0 unspecified atom stereocenters. The van der Waals surface area contributed by atoms with E-state index in [9.17, 15) is 18.0 Å². The number of alkyl halides is 3. The van der Waals surface area contributed by atoms with E-state index in [0.29, 0.717) is 5.69 Å². The lowest BCUT2D eigenvalue weighted by molar-refractivity contribution is -0.154. The van der Waals surface area contributed by atoms with Crippen LogP contribution in [0.1, 0.15) is 5.76 Å². The minimum absolute atomic E-state index is 0.0569. The first-order chi connectivity index (χ1) is 14.4. The predicted octanol–water partition coefficient (Wildman–Crippen LogP) is 4.52. The fourth-order valence-corrected chi connectivity index (χ4v) is 3.08. The van der Waals surface area contributed by atoms with Gasteiger partial charge in [0, 0.05) is 0 Å². The molecule has 30 heavy (non-hydrogen) atoms. The maximum Gasteiger partial charge on any atom is 0.453 e. The SMILES string of the molecule is O=c1c(Oc2cnn(-c3ccccc3)c2)c(C(F)(F)F)oc2c3c(ccc12)OCO3. The van der Waals surface area contributed by atoms with Gasteiger partial charge in [-0.25, -0.2) is 4.68 Å². The highest BCUT2D eigenvalue weighted by molar-refractivity contribution is 5.87. The number of fused-ring (bicyclic) bond motifs is 3. The first-order valence-corrected chi connectivity index (χ1v) is 8.66. The van der Waals surface area contributed by atoms with Gasteiger partial charge in [-0.2, -0.15) is 18.3 Å². The first-order valence-electron chi connectivity index (χ1n) is 8.66. The minimum atomic E-state index is -4.99. The standard InChI is InChI=1S/C20H11F3N2O5/c21-20(22,23)19-18(29-12-8-24-25(9-12)11-4-2-1-3-5-11)15(26)13-6-7-14-17(16(13)30-19)28-10-27-14/h1-9H,10H2. The molecule has 10 heteroatoms. The van der Waals surface area contributed by atoms with Crippen molar-refractivity contribution in [2.24, 2.45) is 0 Å². The van der Waals surface area contributed by atoms with Crippen LogP contribution in [0, 0.1) is 0 Å². The maximum absolute atomic E-state index is 13.7. The molecule has 1 aliphatic rings. The molecular weight excluding hydrogens is 405 g/mol. The van der Waals surface area contributed by atoms with Crippen LogP contribution in [-0.4, -0.2) is 16.6 Å². The highest BCUT2D eigenvalue weighted by atomic mass is 19.4. The number of hydrogen-bond acceptors (Lipinski definition) is 6.